The van der Waals surface area contributed by atoms with Gasteiger partial charge in [-0.1, -0.05) is 41.4 Å². The molecule has 8 heteroatoms. The van der Waals surface area contributed by atoms with Crippen molar-refractivity contribution in [2.45, 2.75) is 13.1 Å². The van der Waals surface area contributed by atoms with E-state index in [-0.39, 0.29) is 24.8 Å². The van der Waals surface area contributed by atoms with Gasteiger partial charge >= 0.3 is 0 Å². The fourth-order valence-corrected chi connectivity index (χ4v) is 5.52. The van der Waals surface area contributed by atoms with Crippen LogP contribution < -0.4 is 33.9 Å². The zero-order valence-corrected chi connectivity index (χ0v) is 23.1. The summed E-state index contributed by atoms with van der Waals surface area (Å²) in [7, 11) is 0. The number of hydrogen-bond donors (Lipinski definition) is 2. The molecule has 4 nitrogen and oxygen atoms in total. The molecule has 0 aliphatic heterocycles. The maximum absolute atomic E-state index is 6.21. The summed E-state index contributed by atoms with van der Waals surface area (Å²) in [6.07, 6.45) is 8.60. The molecular weight excluding hydrogens is 558 g/mol. The lowest BCUT2D eigenvalue weighted by Gasteiger charge is -2.02. The van der Waals surface area contributed by atoms with Gasteiger partial charge in [-0.25, -0.2) is 0 Å². The Hall–Kier alpha value is -3.28. The smallest absolute Gasteiger partial charge is 0.193 e. The number of halogens is 4. The van der Waals surface area contributed by atoms with Crippen LogP contribution >= 0.6 is 23.2 Å². The molecule has 4 aromatic heterocycles. The van der Waals surface area contributed by atoms with E-state index >= 15 is 0 Å². The molecule has 0 amide bonds. The third kappa shape index (κ3) is 4.81. The first-order valence-corrected chi connectivity index (χ1v) is 12.6. The Morgan fingerprint density at radius 3 is 1.47 bits per heavy atom. The summed E-state index contributed by atoms with van der Waals surface area (Å²) in [4.78, 5) is 7.02. The van der Waals surface area contributed by atoms with Gasteiger partial charge in [-0.15, -0.1) is 0 Å². The number of rotatable bonds is 4. The zero-order valence-electron chi connectivity index (χ0n) is 20.1. The van der Waals surface area contributed by atoms with E-state index in [1.807, 2.05) is 36.4 Å². The topological polar surface area (TPSA) is 39.3 Å². The van der Waals surface area contributed by atoms with Crippen LogP contribution in [0.5, 0.6) is 0 Å². The Kier molecular flexibility index (Phi) is 7.26. The second-order valence-electron chi connectivity index (χ2n) is 9.34. The average molecular weight is 580 g/mol. The minimum absolute atomic E-state index is 0. The van der Waals surface area contributed by atoms with E-state index < -0.39 is 0 Å². The lowest BCUT2D eigenvalue weighted by atomic mass is 10.1. The summed E-state index contributed by atoms with van der Waals surface area (Å²) in [5.74, 6) is 0. The maximum Gasteiger partial charge on any atom is 0.193 e. The molecule has 38 heavy (non-hydrogen) atoms. The van der Waals surface area contributed by atoms with Gasteiger partial charge in [0, 0.05) is 65.9 Å². The van der Waals surface area contributed by atoms with Crippen molar-refractivity contribution in [3.63, 3.8) is 0 Å². The molecule has 0 fully saturated rings. The van der Waals surface area contributed by atoms with E-state index in [1.54, 1.807) is 0 Å². The first kappa shape index (κ1) is 26.3. The van der Waals surface area contributed by atoms with E-state index in [1.165, 1.54) is 21.9 Å². The van der Waals surface area contributed by atoms with Crippen LogP contribution in [0.15, 0.2) is 97.6 Å². The number of benzene rings is 3. The summed E-state index contributed by atoms with van der Waals surface area (Å²) in [5, 5.41) is 6.18. The number of fused-ring (bicyclic) bond motifs is 6. The molecule has 190 valence electrons. The number of nitrogens with one attached hydrogen (secondary N) is 2. The van der Waals surface area contributed by atoms with Gasteiger partial charge in [0.1, 0.15) is 11.0 Å². The number of H-pyrrole nitrogens is 2. The van der Waals surface area contributed by atoms with Crippen molar-refractivity contribution in [3.05, 3.63) is 119 Å². The van der Waals surface area contributed by atoms with Crippen LogP contribution in [0.3, 0.4) is 0 Å². The van der Waals surface area contributed by atoms with E-state index in [0.717, 1.165) is 56.0 Å². The lowest BCUT2D eigenvalue weighted by molar-refractivity contribution is -0.688. The van der Waals surface area contributed by atoms with Crippen molar-refractivity contribution in [2.24, 2.45) is 0 Å². The van der Waals surface area contributed by atoms with Gasteiger partial charge in [0.05, 0.1) is 0 Å². The van der Waals surface area contributed by atoms with Crippen LogP contribution in [-0.2, 0) is 13.1 Å². The molecular formula is C30H22Cl4N4. The van der Waals surface area contributed by atoms with Crippen LogP contribution in [0.2, 0.25) is 10.0 Å². The molecule has 4 heterocycles. The molecule has 7 rings (SSSR count). The summed E-state index contributed by atoms with van der Waals surface area (Å²) >= 11 is 12.4. The molecule has 0 atom stereocenters. The van der Waals surface area contributed by atoms with Gasteiger partial charge in [0.25, 0.3) is 0 Å². The predicted molar refractivity (Wildman–Crippen MR) is 147 cm³/mol. The third-order valence-electron chi connectivity index (χ3n) is 6.84. The van der Waals surface area contributed by atoms with Crippen molar-refractivity contribution in [2.75, 3.05) is 0 Å². The Balaban J connectivity index is 0.00000147. The fourth-order valence-electron chi connectivity index (χ4n) is 5.18. The van der Waals surface area contributed by atoms with Gasteiger partial charge in [-0.05, 0) is 42.5 Å². The molecule has 0 saturated heterocycles. The van der Waals surface area contributed by atoms with E-state index in [4.69, 9.17) is 23.2 Å². The van der Waals surface area contributed by atoms with Crippen molar-refractivity contribution in [3.8, 4) is 0 Å². The minimum atomic E-state index is 0. The Labute approximate surface area is 241 Å². The first-order chi connectivity index (χ1) is 17.6. The Morgan fingerprint density at radius 2 is 1.00 bits per heavy atom. The van der Waals surface area contributed by atoms with Crippen molar-refractivity contribution in [1.29, 1.82) is 0 Å². The summed E-state index contributed by atoms with van der Waals surface area (Å²) < 4.78 is 4.43. The molecule has 0 radical (unpaired) electrons. The highest BCUT2D eigenvalue weighted by atomic mass is 35.5. The highest BCUT2D eigenvalue weighted by Gasteiger charge is 2.13. The summed E-state index contributed by atoms with van der Waals surface area (Å²) in [6.45, 7) is 1.60. The molecule has 2 N–H and O–H groups in total. The number of pyridine rings is 2. The first-order valence-electron chi connectivity index (χ1n) is 11.9. The summed E-state index contributed by atoms with van der Waals surface area (Å²) in [5.41, 5.74) is 6.93. The third-order valence-corrected chi connectivity index (χ3v) is 7.31. The minimum Gasteiger partial charge on any atom is -1.00 e. The molecule has 0 saturated carbocycles. The van der Waals surface area contributed by atoms with E-state index in [9.17, 15) is 0 Å². The standard InChI is InChI=1S/C30H20Cl2N4.2ClH/c31-21-4-6-27-25(13-21)23-8-10-35(17-29(23)33-27)15-19-2-1-3-20(12-19)16-36-11-9-24-26-14-22(32)5-7-28(26)34-30(24)18-36;;/h1-14,17-18H,15-16H2;2*1H. The van der Waals surface area contributed by atoms with Crippen molar-refractivity contribution in [1.82, 2.24) is 9.97 Å². The van der Waals surface area contributed by atoms with Crippen LogP contribution in [-0.4, -0.2) is 9.97 Å². The Morgan fingerprint density at radius 1 is 0.526 bits per heavy atom. The normalized spacial score (nSPS) is 11.2. The lowest BCUT2D eigenvalue weighted by Crippen LogP contribution is -3.00. The van der Waals surface area contributed by atoms with Gasteiger partial charge in [0.15, 0.2) is 37.9 Å². The van der Waals surface area contributed by atoms with Gasteiger partial charge in [-0.2, -0.15) is 9.13 Å². The van der Waals surface area contributed by atoms with Gasteiger partial charge in [-0.3, -0.25) is 0 Å². The van der Waals surface area contributed by atoms with Crippen molar-refractivity contribution < 1.29 is 33.9 Å². The van der Waals surface area contributed by atoms with Crippen LogP contribution in [0.4, 0.5) is 0 Å². The van der Waals surface area contributed by atoms with E-state index in [2.05, 4.69) is 80.3 Å². The number of hydrogen-bond acceptors (Lipinski definition) is 0. The van der Waals surface area contributed by atoms with Gasteiger partial charge in [0.2, 0.25) is 0 Å². The molecule has 0 bridgehead atoms. The quantitative estimate of drug-likeness (QED) is 0.292. The zero-order chi connectivity index (χ0) is 24.2. The molecule has 0 aliphatic carbocycles. The molecule has 0 unspecified atom stereocenters. The highest BCUT2D eigenvalue weighted by Crippen LogP contribution is 2.28. The largest absolute Gasteiger partial charge is 1.00 e. The predicted octanol–water partition coefficient (Wildman–Crippen LogP) is 0.942. The number of aromatic amines is 2. The Bertz CT molecular complexity index is 1800. The fraction of sp³-hybridized carbons (Fsp3) is 0.0667. The monoisotopic (exact) mass is 578 g/mol. The van der Waals surface area contributed by atoms with Crippen molar-refractivity contribution >= 4 is 66.8 Å². The average Bonchev–Trinajstić information content (AvgIpc) is 3.41. The second kappa shape index (κ2) is 10.5. The van der Waals surface area contributed by atoms with Crippen LogP contribution in [0.25, 0.3) is 43.6 Å². The summed E-state index contributed by atoms with van der Waals surface area (Å²) in [6, 6.07) is 25.0. The molecule has 0 spiro atoms. The highest BCUT2D eigenvalue weighted by molar-refractivity contribution is 6.32. The number of nitrogens with zero attached hydrogens (tertiary/aromatic N) is 2. The molecule has 0 aliphatic rings. The number of aromatic nitrogens is 4. The van der Waals surface area contributed by atoms with Gasteiger partial charge < -0.3 is 34.8 Å². The van der Waals surface area contributed by atoms with Crippen LogP contribution in [0, 0.1) is 0 Å². The molecule has 3 aromatic carbocycles. The molecule has 7 aromatic rings. The maximum atomic E-state index is 6.21. The second-order valence-corrected chi connectivity index (χ2v) is 10.2. The SMILES string of the molecule is Clc1ccc2[nH]c3c[n+](Cc4cccc(C[n+]5ccc6c(c5)[nH]c5ccc(Cl)cc56)c4)ccc3c2c1.[Cl-].[Cl-]. The van der Waals surface area contributed by atoms with Crippen LogP contribution in [0.1, 0.15) is 11.1 Å². The van der Waals surface area contributed by atoms with E-state index in [0.29, 0.717) is 0 Å².